The first-order valence-corrected chi connectivity index (χ1v) is 14.5. The minimum absolute atomic E-state index is 0.157. The summed E-state index contributed by atoms with van der Waals surface area (Å²) in [4.78, 5) is 43.7. The molecule has 3 amide bonds. The Labute approximate surface area is 255 Å². The molecular weight excluding hydrogens is 562 g/mol. The van der Waals surface area contributed by atoms with Gasteiger partial charge in [-0.2, -0.15) is 0 Å². The van der Waals surface area contributed by atoms with Crippen molar-refractivity contribution in [2.45, 2.75) is 12.5 Å². The number of likely N-dealkylation sites (N-methyl/N-ethyl adjacent to an activating group) is 1. The third kappa shape index (κ3) is 7.41. The normalized spacial score (nSPS) is 12.2. The Bertz CT molecular complexity index is 1810. The van der Waals surface area contributed by atoms with E-state index in [0.29, 0.717) is 21.6 Å². The van der Waals surface area contributed by atoms with Crippen molar-refractivity contribution in [3.8, 4) is 0 Å². The van der Waals surface area contributed by atoms with E-state index in [1.54, 1.807) is 24.3 Å². The number of hydrogen-bond donors (Lipinski definition) is 4. The number of para-hydroxylation sites is 1. The highest BCUT2D eigenvalue weighted by atomic mass is 35.5. The second-order valence-electron chi connectivity index (χ2n) is 11.6. The molecule has 5 rings (SSSR count). The van der Waals surface area contributed by atoms with Crippen LogP contribution in [0.5, 0.6) is 0 Å². The van der Waals surface area contributed by atoms with Gasteiger partial charge in [0.15, 0.2) is 0 Å². The minimum Gasteiger partial charge on any atom is -0.361 e. The van der Waals surface area contributed by atoms with E-state index < -0.39 is 11.9 Å². The Balaban J connectivity index is 1.39. The molecule has 220 valence electrons. The molecular formula is C34H35ClN5O3+. The van der Waals surface area contributed by atoms with Crippen LogP contribution in [0.3, 0.4) is 0 Å². The molecule has 1 atom stereocenters. The molecule has 0 unspecified atom stereocenters. The van der Waals surface area contributed by atoms with Crippen LogP contribution in [0, 0.1) is 0 Å². The summed E-state index contributed by atoms with van der Waals surface area (Å²) in [6.45, 7) is 1.17. The maximum Gasteiger partial charge on any atom is 0.255 e. The van der Waals surface area contributed by atoms with Crippen LogP contribution in [0.4, 0.5) is 5.69 Å². The van der Waals surface area contributed by atoms with Crippen molar-refractivity contribution in [2.24, 2.45) is 0 Å². The van der Waals surface area contributed by atoms with Crippen molar-refractivity contribution in [3.63, 3.8) is 0 Å². The maximum absolute atomic E-state index is 13.7. The Morgan fingerprint density at radius 1 is 0.860 bits per heavy atom. The number of H-pyrrole nitrogens is 1. The van der Waals surface area contributed by atoms with E-state index in [2.05, 4.69) is 20.9 Å². The molecule has 0 saturated carbocycles. The predicted octanol–water partition coefficient (Wildman–Crippen LogP) is 5.39. The molecule has 1 aromatic heterocycles. The minimum atomic E-state index is -0.873. The standard InChI is InChI=1S/C34H34ClN5O3/c1-40(2,3)17-16-36-34(43)31(19-25-21-37-29-11-7-6-10-27(25)29)39-33(42)28-20-26(35)14-15-30(28)38-32(41)24-13-12-22-8-4-5-9-23(22)18-24/h4-15,18,20-21,31,37H,16-17,19H2,1-3H3,(H2-,36,38,39,41,42,43)/p+1/t31-/m0/s1. The first-order chi connectivity index (χ1) is 20.6. The maximum atomic E-state index is 13.7. The largest absolute Gasteiger partial charge is 0.361 e. The fourth-order valence-corrected chi connectivity index (χ4v) is 5.11. The number of aromatic amines is 1. The van der Waals surface area contributed by atoms with Crippen molar-refractivity contribution in [2.75, 3.05) is 39.5 Å². The van der Waals surface area contributed by atoms with Crippen molar-refractivity contribution < 1.29 is 18.9 Å². The van der Waals surface area contributed by atoms with E-state index in [1.807, 2.05) is 81.9 Å². The zero-order valence-electron chi connectivity index (χ0n) is 24.4. The Hall–Kier alpha value is -4.66. The zero-order valence-corrected chi connectivity index (χ0v) is 25.2. The Morgan fingerprint density at radius 3 is 2.40 bits per heavy atom. The number of aromatic nitrogens is 1. The molecule has 43 heavy (non-hydrogen) atoms. The van der Waals surface area contributed by atoms with Gasteiger partial charge in [0.1, 0.15) is 6.04 Å². The zero-order chi connectivity index (χ0) is 30.6. The van der Waals surface area contributed by atoms with Gasteiger partial charge in [0.2, 0.25) is 5.91 Å². The molecule has 0 bridgehead atoms. The van der Waals surface area contributed by atoms with E-state index >= 15 is 0 Å². The SMILES string of the molecule is C[N+](C)(C)CCNC(=O)[C@H](Cc1c[nH]c2ccccc12)NC(=O)c1cc(Cl)ccc1NC(=O)c1ccc2ccccc2c1. The molecule has 0 aliphatic carbocycles. The van der Waals surface area contributed by atoms with Crippen LogP contribution in [0.25, 0.3) is 21.7 Å². The van der Waals surface area contributed by atoms with Gasteiger partial charge < -0.3 is 25.4 Å². The number of nitrogens with one attached hydrogen (secondary N) is 4. The summed E-state index contributed by atoms with van der Waals surface area (Å²) < 4.78 is 0.683. The van der Waals surface area contributed by atoms with E-state index in [0.717, 1.165) is 33.8 Å². The lowest BCUT2D eigenvalue weighted by atomic mass is 10.0. The summed E-state index contributed by atoms with van der Waals surface area (Å²) in [5, 5.41) is 12.0. The summed E-state index contributed by atoms with van der Waals surface area (Å²) in [6, 6.07) is 24.8. The third-order valence-electron chi connectivity index (χ3n) is 7.29. The summed E-state index contributed by atoms with van der Waals surface area (Å²) in [5.41, 5.74) is 2.75. The number of carbonyl (C=O) groups is 3. The molecule has 0 radical (unpaired) electrons. The van der Waals surface area contributed by atoms with E-state index in [9.17, 15) is 14.4 Å². The van der Waals surface area contributed by atoms with Gasteiger partial charge in [0.25, 0.3) is 11.8 Å². The molecule has 4 N–H and O–H groups in total. The summed E-state index contributed by atoms with van der Waals surface area (Å²) in [5.74, 6) is -1.19. The quantitative estimate of drug-likeness (QED) is 0.163. The molecule has 8 nitrogen and oxygen atoms in total. The van der Waals surface area contributed by atoms with Crippen LogP contribution < -0.4 is 16.0 Å². The lowest BCUT2D eigenvalue weighted by Crippen LogP contribution is -2.50. The van der Waals surface area contributed by atoms with Crippen molar-refractivity contribution in [1.29, 1.82) is 0 Å². The molecule has 0 fully saturated rings. The van der Waals surface area contributed by atoms with Gasteiger partial charge in [-0.3, -0.25) is 14.4 Å². The van der Waals surface area contributed by atoms with Gasteiger partial charge in [-0.05, 0) is 52.7 Å². The number of anilines is 1. The molecule has 4 aromatic carbocycles. The van der Waals surface area contributed by atoms with E-state index in [1.165, 1.54) is 6.07 Å². The number of fused-ring (bicyclic) bond motifs is 2. The van der Waals surface area contributed by atoms with Gasteiger partial charge in [-0.1, -0.05) is 60.1 Å². The van der Waals surface area contributed by atoms with Crippen LogP contribution in [0.2, 0.25) is 5.02 Å². The number of quaternary nitrogens is 1. The number of nitrogens with zero attached hydrogens (tertiary/aromatic N) is 1. The number of rotatable bonds is 10. The Morgan fingerprint density at radius 2 is 1.60 bits per heavy atom. The monoisotopic (exact) mass is 596 g/mol. The van der Waals surface area contributed by atoms with E-state index in [4.69, 9.17) is 11.6 Å². The summed E-state index contributed by atoms with van der Waals surface area (Å²) >= 11 is 6.29. The third-order valence-corrected chi connectivity index (χ3v) is 7.52. The molecule has 0 aliphatic heterocycles. The van der Waals surface area contributed by atoms with Crippen LogP contribution in [0.15, 0.2) is 91.1 Å². The molecule has 5 aromatic rings. The van der Waals surface area contributed by atoms with Crippen molar-refractivity contribution >= 4 is 56.7 Å². The van der Waals surface area contributed by atoms with Crippen LogP contribution in [-0.4, -0.2) is 67.5 Å². The highest BCUT2D eigenvalue weighted by molar-refractivity contribution is 6.31. The second kappa shape index (κ2) is 12.7. The number of halogens is 1. The van der Waals surface area contributed by atoms with Gasteiger partial charge in [-0.25, -0.2) is 0 Å². The molecule has 1 heterocycles. The average Bonchev–Trinajstić information content (AvgIpc) is 3.39. The van der Waals surface area contributed by atoms with Crippen LogP contribution >= 0.6 is 11.6 Å². The van der Waals surface area contributed by atoms with Gasteiger partial charge in [0, 0.05) is 34.1 Å². The fraction of sp³-hybridized carbons (Fsp3) is 0.206. The molecule has 9 heteroatoms. The summed E-state index contributed by atoms with van der Waals surface area (Å²) in [7, 11) is 6.14. The second-order valence-corrected chi connectivity index (χ2v) is 12.0. The lowest BCUT2D eigenvalue weighted by Gasteiger charge is -2.25. The molecule has 0 aliphatic rings. The lowest BCUT2D eigenvalue weighted by molar-refractivity contribution is -0.869. The summed E-state index contributed by atoms with van der Waals surface area (Å²) in [6.07, 6.45) is 2.13. The number of benzene rings is 4. The number of amides is 3. The number of carbonyl (C=O) groups excluding carboxylic acids is 3. The number of hydrogen-bond acceptors (Lipinski definition) is 3. The average molecular weight is 597 g/mol. The first kappa shape index (κ1) is 29.8. The first-order valence-electron chi connectivity index (χ1n) is 14.1. The van der Waals surface area contributed by atoms with Crippen molar-refractivity contribution in [1.82, 2.24) is 15.6 Å². The highest BCUT2D eigenvalue weighted by Gasteiger charge is 2.25. The van der Waals surface area contributed by atoms with Gasteiger partial charge in [0.05, 0.1) is 45.5 Å². The smallest absolute Gasteiger partial charge is 0.255 e. The highest BCUT2D eigenvalue weighted by Crippen LogP contribution is 2.24. The van der Waals surface area contributed by atoms with E-state index in [-0.39, 0.29) is 29.5 Å². The topological polar surface area (TPSA) is 103 Å². The van der Waals surface area contributed by atoms with Gasteiger partial charge in [-0.15, -0.1) is 0 Å². The fourth-order valence-electron chi connectivity index (χ4n) is 4.94. The van der Waals surface area contributed by atoms with Crippen molar-refractivity contribution in [3.05, 3.63) is 113 Å². The van der Waals surface area contributed by atoms with Crippen LogP contribution in [-0.2, 0) is 11.2 Å². The molecule has 0 saturated heterocycles. The predicted molar refractivity (Wildman–Crippen MR) is 173 cm³/mol. The Kier molecular flexibility index (Phi) is 8.80. The van der Waals surface area contributed by atoms with Gasteiger partial charge >= 0.3 is 0 Å². The molecule has 0 spiro atoms. The van der Waals surface area contributed by atoms with Crippen LogP contribution in [0.1, 0.15) is 26.3 Å².